The molecule has 6 heterocycles. The van der Waals surface area contributed by atoms with Crippen molar-refractivity contribution >= 4 is 21.9 Å². The van der Waals surface area contributed by atoms with Crippen LogP contribution in [0.4, 0.5) is 4.39 Å². The molecule has 7 rings (SSSR count). The van der Waals surface area contributed by atoms with Crippen LogP contribution >= 0.6 is 0 Å². The van der Waals surface area contributed by atoms with Crippen molar-refractivity contribution in [2.75, 3.05) is 40.3 Å². The molecule has 0 bridgehead atoms. The minimum Gasteiger partial charge on any atom is -0.492 e. The molecule has 1 fully saturated rings. The van der Waals surface area contributed by atoms with Gasteiger partial charge in [0.15, 0.2) is 5.82 Å². The van der Waals surface area contributed by atoms with Crippen molar-refractivity contribution in [3.63, 3.8) is 0 Å². The van der Waals surface area contributed by atoms with Gasteiger partial charge in [-0.25, -0.2) is 9.37 Å². The van der Waals surface area contributed by atoms with E-state index in [1.807, 2.05) is 38.6 Å². The molecular weight excluding hydrogens is 545 g/mol. The summed E-state index contributed by atoms with van der Waals surface area (Å²) in [5, 5.41) is 8.50. The first kappa shape index (κ1) is 27.1. The van der Waals surface area contributed by atoms with Gasteiger partial charge in [-0.1, -0.05) is 0 Å². The monoisotopic (exact) mass is 577 g/mol. The highest BCUT2D eigenvalue weighted by molar-refractivity contribution is 5.97. The normalized spacial score (nSPS) is 14.0. The summed E-state index contributed by atoms with van der Waals surface area (Å²) < 4.78 is 20.7. The fourth-order valence-electron chi connectivity index (χ4n) is 5.69. The Morgan fingerprint density at radius 2 is 1.79 bits per heavy atom. The second-order valence-electron chi connectivity index (χ2n) is 11.2. The zero-order valence-corrected chi connectivity index (χ0v) is 24.1. The lowest BCUT2D eigenvalue weighted by molar-refractivity contribution is 0.237. The van der Waals surface area contributed by atoms with Gasteiger partial charge in [0.05, 0.1) is 34.6 Å². The molecule has 11 heteroatoms. The van der Waals surface area contributed by atoms with Crippen LogP contribution in [-0.4, -0.2) is 85.3 Å². The number of fused-ring (bicyclic) bond motifs is 2. The van der Waals surface area contributed by atoms with Crippen LogP contribution in [0.1, 0.15) is 18.4 Å². The van der Waals surface area contributed by atoms with Gasteiger partial charge in [-0.3, -0.25) is 25.0 Å². The van der Waals surface area contributed by atoms with Crippen LogP contribution < -0.4 is 4.74 Å². The van der Waals surface area contributed by atoms with Gasteiger partial charge in [0.25, 0.3) is 0 Å². The Labute approximate surface area is 248 Å². The SMILES string of the molecule is CN(C)Cc1cncc(-c2cc3c(-c4nc5c(-c6cc(F)cc(OCCN7CCCC7)c6)cncc5[nH]4)n[nH]c3cn2)c1. The molecule has 1 aliphatic heterocycles. The van der Waals surface area contributed by atoms with E-state index in [2.05, 4.69) is 46.0 Å². The number of nitrogens with one attached hydrogen (secondary N) is 2. The molecule has 2 N–H and O–H groups in total. The molecule has 0 atom stereocenters. The molecule has 0 saturated carbocycles. The molecule has 0 radical (unpaired) electrons. The summed E-state index contributed by atoms with van der Waals surface area (Å²) in [5.74, 6) is 0.693. The van der Waals surface area contributed by atoms with E-state index in [4.69, 9.17) is 9.72 Å². The summed E-state index contributed by atoms with van der Waals surface area (Å²) in [6.45, 7) is 4.32. The maximum absolute atomic E-state index is 14.7. The van der Waals surface area contributed by atoms with Crippen LogP contribution in [0.15, 0.2) is 61.3 Å². The van der Waals surface area contributed by atoms with Crippen molar-refractivity contribution in [1.29, 1.82) is 0 Å². The number of hydrogen-bond acceptors (Lipinski definition) is 8. The van der Waals surface area contributed by atoms with Crippen LogP contribution in [-0.2, 0) is 6.54 Å². The van der Waals surface area contributed by atoms with Gasteiger partial charge >= 0.3 is 0 Å². The Morgan fingerprint density at radius 1 is 0.930 bits per heavy atom. The number of likely N-dealkylation sites (tertiary alicyclic amines) is 1. The Bertz CT molecular complexity index is 1910. The highest BCUT2D eigenvalue weighted by atomic mass is 19.1. The average molecular weight is 578 g/mol. The molecule has 1 aromatic carbocycles. The molecule has 43 heavy (non-hydrogen) atoms. The van der Waals surface area contributed by atoms with E-state index >= 15 is 0 Å². The summed E-state index contributed by atoms with van der Waals surface area (Å²) in [4.78, 5) is 26.2. The minimum absolute atomic E-state index is 0.371. The summed E-state index contributed by atoms with van der Waals surface area (Å²) in [6.07, 6.45) is 11.3. The van der Waals surface area contributed by atoms with Crippen LogP contribution in [0.5, 0.6) is 5.75 Å². The van der Waals surface area contributed by atoms with Crippen molar-refractivity contribution in [1.82, 2.24) is 44.9 Å². The molecule has 1 saturated heterocycles. The number of halogens is 1. The van der Waals surface area contributed by atoms with E-state index in [1.165, 1.54) is 25.0 Å². The largest absolute Gasteiger partial charge is 0.492 e. The first-order valence-electron chi connectivity index (χ1n) is 14.4. The van der Waals surface area contributed by atoms with Crippen molar-refractivity contribution in [2.24, 2.45) is 0 Å². The first-order valence-corrected chi connectivity index (χ1v) is 14.4. The lowest BCUT2D eigenvalue weighted by Gasteiger charge is -2.15. The molecular formula is C32H32FN9O. The third-order valence-corrected chi connectivity index (χ3v) is 7.71. The summed E-state index contributed by atoms with van der Waals surface area (Å²) in [5.41, 5.74) is 7.01. The molecule has 10 nitrogen and oxygen atoms in total. The Kier molecular flexibility index (Phi) is 7.25. The number of pyridine rings is 3. The van der Waals surface area contributed by atoms with Crippen LogP contribution in [0.2, 0.25) is 0 Å². The number of aromatic nitrogens is 7. The minimum atomic E-state index is -0.371. The van der Waals surface area contributed by atoms with E-state index < -0.39 is 0 Å². The lowest BCUT2D eigenvalue weighted by atomic mass is 10.1. The summed E-state index contributed by atoms with van der Waals surface area (Å²) in [6, 6.07) is 8.85. The maximum atomic E-state index is 14.7. The number of hydrogen-bond donors (Lipinski definition) is 2. The summed E-state index contributed by atoms with van der Waals surface area (Å²) >= 11 is 0. The molecule has 5 aromatic heterocycles. The molecule has 1 aliphatic rings. The zero-order valence-electron chi connectivity index (χ0n) is 24.1. The third kappa shape index (κ3) is 5.69. The second-order valence-corrected chi connectivity index (χ2v) is 11.2. The maximum Gasteiger partial charge on any atom is 0.159 e. The van der Waals surface area contributed by atoms with Gasteiger partial charge < -0.3 is 14.6 Å². The number of H-pyrrole nitrogens is 2. The van der Waals surface area contributed by atoms with Gasteiger partial charge in [-0.2, -0.15) is 5.10 Å². The third-order valence-electron chi connectivity index (χ3n) is 7.71. The molecule has 6 aromatic rings. The highest BCUT2D eigenvalue weighted by Gasteiger charge is 2.18. The van der Waals surface area contributed by atoms with E-state index in [-0.39, 0.29) is 5.82 Å². The van der Waals surface area contributed by atoms with Gasteiger partial charge in [0.2, 0.25) is 0 Å². The van der Waals surface area contributed by atoms with Gasteiger partial charge in [0.1, 0.15) is 23.9 Å². The van der Waals surface area contributed by atoms with Crippen molar-refractivity contribution in [3.05, 3.63) is 72.7 Å². The number of nitrogens with zero attached hydrogens (tertiary/aromatic N) is 7. The predicted octanol–water partition coefficient (Wildman–Crippen LogP) is 5.30. The molecule has 0 spiro atoms. The number of rotatable bonds is 9. The number of ether oxygens (including phenoxy) is 1. The quantitative estimate of drug-likeness (QED) is 0.238. The van der Waals surface area contributed by atoms with Crippen LogP contribution in [0, 0.1) is 5.82 Å². The molecule has 0 aliphatic carbocycles. The van der Waals surface area contributed by atoms with Crippen molar-refractivity contribution < 1.29 is 9.13 Å². The second kappa shape index (κ2) is 11.5. The average Bonchev–Trinajstić information content (AvgIpc) is 3.76. The van der Waals surface area contributed by atoms with Crippen molar-refractivity contribution in [2.45, 2.75) is 19.4 Å². The fourth-order valence-corrected chi connectivity index (χ4v) is 5.69. The Hall–Kier alpha value is -4.74. The summed E-state index contributed by atoms with van der Waals surface area (Å²) in [7, 11) is 4.06. The number of aromatic amines is 2. The standard InChI is InChI=1S/C32H32FN9O/c1-41(2)19-20-9-22(15-34-14-20)27-13-25-28(18-36-27)39-40-31(25)32-37-29-17-35-16-26(30(29)38-32)21-10-23(33)12-24(11-21)43-8-7-42-5-3-4-6-42/h9-18H,3-8,19H2,1-2H3,(H,37,38)(H,39,40). The van der Waals surface area contributed by atoms with E-state index in [1.54, 1.807) is 18.6 Å². The van der Waals surface area contributed by atoms with Crippen LogP contribution in [0.3, 0.4) is 0 Å². The smallest absolute Gasteiger partial charge is 0.159 e. The fraction of sp³-hybridized carbons (Fsp3) is 0.281. The Balaban J connectivity index is 1.21. The lowest BCUT2D eigenvalue weighted by Crippen LogP contribution is -2.25. The van der Waals surface area contributed by atoms with Gasteiger partial charge in [0, 0.05) is 54.3 Å². The topological polar surface area (TPSA) is 112 Å². The molecule has 218 valence electrons. The van der Waals surface area contributed by atoms with Gasteiger partial charge in [-0.05, 0) is 75.4 Å². The van der Waals surface area contributed by atoms with E-state index in [0.717, 1.165) is 59.4 Å². The number of imidazole rings is 1. The molecule has 0 amide bonds. The first-order chi connectivity index (χ1) is 21.0. The van der Waals surface area contributed by atoms with Crippen molar-refractivity contribution in [3.8, 4) is 39.7 Å². The number of benzene rings is 1. The van der Waals surface area contributed by atoms with E-state index in [0.29, 0.717) is 40.5 Å². The van der Waals surface area contributed by atoms with Crippen LogP contribution in [0.25, 0.3) is 55.8 Å². The zero-order chi connectivity index (χ0) is 29.3. The van der Waals surface area contributed by atoms with E-state index in [9.17, 15) is 4.39 Å². The molecule has 0 unspecified atom stereocenters. The predicted molar refractivity (Wildman–Crippen MR) is 164 cm³/mol. The van der Waals surface area contributed by atoms with Gasteiger partial charge in [-0.15, -0.1) is 0 Å². The highest BCUT2D eigenvalue weighted by Crippen LogP contribution is 2.33. The Morgan fingerprint density at radius 3 is 2.65 bits per heavy atom.